The summed E-state index contributed by atoms with van der Waals surface area (Å²) in [5.41, 5.74) is 1.61. The Morgan fingerprint density at radius 1 is 1.17 bits per heavy atom. The van der Waals surface area contributed by atoms with Crippen molar-refractivity contribution in [3.8, 4) is 17.1 Å². The molecule has 3 aromatic rings. The number of aromatic nitrogens is 4. The van der Waals surface area contributed by atoms with Crippen LogP contribution in [0, 0.1) is 0 Å². The van der Waals surface area contributed by atoms with Gasteiger partial charge < -0.3 is 19.7 Å². The van der Waals surface area contributed by atoms with E-state index in [1.54, 1.807) is 20.0 Å². The highest BCUT2D eigenvalue weighted by Crippen LogP contribution is 2.32. The number of nitrogens with one attached hydrogen (secondary N) is 1. The highest BCUT2D eigenvalue weighted by Gasteiger charge is 2.26. The Labute approximate surface area is 211 Å². The van der Waals surface area contributed by atoms with E-state index in [4.69, 9.17) is 14.8 Å². The van der Waals surface area contributed by atoms with Crippen LogP contribution < -0.4 is 10.3 Å². The molecule has 0 unspecified atom stereocenters. The van der Waals surface area contributed by atoms with Crippen molar-refractivity contribution in [1.29, 1.82) is 0 Å². The van der Waals surface area contributed by atoms with Crippen LogP contribution in [0.5, 0.6) is 5.75 Å². The topological polar surface area (TPSA) is 134 Å². The fraction of sp³-hybridized carbons (Fsp3) is 0.542. The zero-order valence-electron chi connectivity index (χ0n) is 21.6. The second-order valence-corrected chi connectivity index (χ2v) is 10.5. The van der Waals surface area contributed by atoms with E-state index in [2.05, 4.69) is 10.1 Å². The monoisotopic (exact) mass is 520 g/mol. The molecule has 0 bridgehead atoms. The Bertz CT molecular complexity index is 1350. The van der Waals surface area contributed by atoms with Gasteiger partial charge in [0.15, 0.2) is 5.52 Å². The molecule has 3 rings (SSSR count). The van der Waals surface area contributed by atoms with E-state index < -0.39 is 10.0 Å². The summed E-state index contributed by atoms with van der Waals surface area (Å²) >= 11 is 0. The highest BCUT2D eigenvalue weighted by molar-refractivity contribution is 7.89. The molecular formula is C24H36N6O5S. The summed E-state index contributed by atoms with van der Waals surface area (Å²) < 4.78 is 35.7. The number of aromatic amines is 1. The van der Waals surface area contributed by atoms with E-state index in [9.17, 15) is 13.2 Å². The van der Waals surface area contributed by atoms with Gasteiger partial charge in [0.25, 0.3) is 5.56 Å². The number of fused-ring (bicyclic) bond motifs is 1. The summed E-state index contributed by atoms with van der Waals surface area (Å²) in [5, 5.41) is 13.6. The van der Waals surface area contributed by atoms with Crippen molar-refractivity contribution in [2.45, 2.75) is 38.5 Å². The van der Waals surface area contributed by atoms with Crippen LogP contribution in [0.1, 0.15) is 32.9 Å². The first kappa shape index (κ1) is 27.8. The lowest BCUT2D eigenvalue weighted by Crippen LogP contribution is -2.38. The summed E-state index contributed by atoms with van der Waals surface area (Å²) in [5.74, 6) is 0.648. The van der Waals surface area contributed by atoms with Gasteiger partial charge in [-0.1, -0.05) is 20.3 Å². The fourth-order valence-electron chi connectivity index (χ4n) is 4.08. The van der Waals surface area contributed by atoms with Crippen molar-refractivity contribution in [3.05, 3.63) is 34.2 Å². The van der Waals surface area contributed by atoms with E-state index in [1.165, 1.54) is 21.1 Å². The molecule has 0 amide bonds. The molecule has 0 saturated carbocycles. The number of likely N-dealkylation sites (N-methyl/N-ethyl adjacent to an activating group) is 2. The second-order valence-electron chi connectivity index (χ2n) is 8.55. The third-order valence-corrected chi connectivity index (χ3v) is 7.93. The van der Waals surface area contributed by atoms with Crippen LogP contribution in [0.25, 0.3) is 22.4 Å². The van der Waals surface area contributed by atoms with Gasteiger partial charge in [-0.3, -0.25) is 9.48 Å². The number of aliphatic hydroxyl groups excluding tert-OH is 1. The van der Waals surface area contributed by atoms with E-state index in [0.717, 1.165) is 6.42 Å². The van der Waals surface area contributed by atoms with E-state index >= 15 is 0 Å². The molecule has 11 nitrogen and oxygen atoms in total. The molecular weight excluding hydrogens is 484 g/mol. The number of H-pyrrole nitrogens is 1. The SMILES string of the molecule is CCCc1nn(C)c2c(=O)[nH]c(-c3cc(S(=O)(=O)N(CC)CCN(C)CCO)ccc3OCC)nc12. The quantitative estimate of drug-likeness (QED) is 0.347. The number of benzene rings is 1. The molecule has 0 aliphatic rings. The predicted molar refractivity (Wildman–Crippen MR) is 139 cm³/mol. The number of aryl methyl sites for hydroxylation is 2. The van der Waals surface area contributed by atoms with Crippen LogP contribution in [0.2, 0.25) is 0 Å². The van der Waals surface area contributed by atoms with E-state index in [-0.39, 0.29) is 36.0 Å². The van der Waals surface area contributed by atoms with Gasteiger partial charge in [0.05, 0.1) is 29.4 Å². The molecule has 0 aliphatic heterocycles. The standard InChI is InChI=1S/C24H36N6O5S/c1-6-9-19-21-22(29(5)27-19)24(32)26-23(25-21)18-16-17(10-11-20(18)35-8-3)36(33,34)30(7-2)13-12-28(4)14-15-31/h10-11,16,31H,6-9,12-15H2,1-5H3,(H,25,26,32). The van der Waals surface area contributed by atoms with Gasteiger partial charge >= 0.3 is 0 Å². The van der Waals surface area contributed by atoms with Crippen molar-refractivity contribution in [3.63, 3.8) is 0 Å². The summed E-state index contributed by atoms with van der Waals surface area (Å²) in [7, 11) is -0.306. The minimum Gasteiger partial charge on any atom is -0.493 e. The Morgan fingerprint density at radius 3 is 2.56 bits per heavy atom. The average molecular weight is 521 g/mol. The number of ether oxygens (including phenoxy) is 1. The molecule has 0 spiro atoms. The molecule has 0 fully saturated rings. The van der Waals surface area contributed by atoms with E-state index in [0.29, 0.717) is 54.2 Å². The molecule has 198 valence electrons. The van der Waals surface area contributed by atoms with Crippen LogP contribution >= 0.6 is 0 Å². The Hall–Kier alpha value is -2.80. The van der Waals surface area contributed by atoms with Gasteiger partial charge in [-0.2, -0.15) is 9.40 Å². The maximum atomic E-state index is 13.5. The van der Waals surface area contributed by atoms with Crippen LogP contribution in [0.3, 0.4) is 0 Å². The number of hydrogen-bond donors (Lipinski definition) is 2. The van der Waals surface area contributed by atoms with Crippen LogP contribution in [0.4, 0.5) is 0 Å². The highest BCUT2D eigenvalue weighted by atomic mass is 32.2. The predicted octanol–water partition coefficient (Wildman–Crippen LogP) is 1.61. The Balaban J connectivity index is 2.10. The van der Waals surface area contributed by atoms with Crippen molar-refractivity contribution < 1.29 is 18.3 Å². The van der Waals surface area contributed by atoms with Gasteiger partial charge in [0, 0.05) is 33.2 Å². The number of nitrogens with zero attached hydrogens (tertiary/aromatic N) is 5. The summed E-state index contributed by atoms with van der Waals surface area (Å²) in [6, 6.07) is 4.60. The number of rotatable bonds is 13. The molecule has 0 radical (unpaired) electrons. The van der Waals surface area contributed by atoms with Crippen LogP contribution in [0.15, 0.2) is 27.9 Å². The first-order valence-corrected chi connectivity index (χ1v) is 13.6. The molecule has 0 atom stereocenters. The molecule has 2 heterocycles. The first-order chi connectivity index (χ1) is 17.2. The van der Waals surface area contributed by atoms with Crippen molar-refractivity contribution in [2.24, 2.45) is 7.05 Å². The zero-order chi connectivity index (χ0) is 26.5. The Morgan fingerprint density at radius 2 is 1.92 bits per heavy atom. The van der Waals surface area contributed by atoms with Gasteiger partial charge in [-0.05, 0) is 38.6 Å². The minimum absolute atomic E-state index is 0.00404. The molecule has 2 N–H and O–H groups in total. The Kier molecular flexibility index (Phi) is 9.23. The summed E-state index contributed by atoms with van der Waals surface area (Å²) in [6.07, 6.45) is 1.50. The fourth-order valence-corrected chi connectivity index (χ4v) is 5.54. The second kappa shape index (κ2) is 12.0. The van der Waals surface area contributed by atoms with Crippen molar-refractivity contribution in [2.75, 3.05) is 46.4 Å². The summed E-state index contributed by atoms with van der Waals surface area (Å²) in [6.45, 7) is 7.49. The molecule has 2 aromatic heterocycles. The van der Waals surface area contributed by atoms with Crippen molar-refractivity contribution >= 4 is 21.1 Å². The number of sulfonamides is 1. The lowest BCUT2D eigenvalue weighted by molar-refractivity contribution is 0.213. The van der Waals surface area contributed by atoms with Crippen LogP contribution in [-0.4, -0.2) is 88.9 Å². The molecule has 1 aromatic carbocycles. The minimum atomic E-state index is -3.84. The average Bonchev–Trinajstić information content (AvgIpc) is 3.15. The third-order valence-electron chi connectivity index (χ3n) is 5.96. The van der Waals surface area contributed by atoms with Crippen LogP contribution in [-0.2, 0) is 23.5 Å². The number of hydrogen-bond acceptors (Lipinski definition) is 8. The maximum Gasteiger partial charge on any atom is 0.277 e. The molecule has 12 heteroatoms. The lowest BCUT2D eigenvalue weighted by atomic mass is 10.1. The maximum absolute atomic E-state index is 13.5. The molecule has 0 aliphatic carbocycles. The first-order valence-electron chi connectivity index (χ1n) is 12.2. The van der Waals surface area contributed by atoms with E-state index in [1.807, 2.05) is 25.8 Å². The summed E-state index contributed by atoms with van der Waals surface area (Å²) in [4.78, 5) is 22.4. The lowest BCUT2D eigenvalue weighted by Gasteiger charge is -2.24. The molecule has 0 saturated heterocycles. The molecule has 36 heavy (non-hydrogen) atoms. The third kappa shape index (κ3) is 5.77. The largest absolute Gasteiger partial charge is 0.493 e. The zero-order valence-corrected chi connectivity index (χ0v) is 22.4. The van der Waals surface area contributed by atoms with Gasteiger partial charge in [-0.15, -0.1) is 0 Å². The number of aliphatic hydroxyl groups is 1. The van der Waals surface area contributed by atoms with Gasteiger partial charge in [0.2, 0.25) is 10.0 Å². The van der Waals surface area contributed by atoms with Crippen molar-refractivity contribution in [1.82, 2.24) is 29.0 Å². The van der Waals surface area contributed by atoms with Gasteiger partial charge in [0.1, 0.15) is 17.1 Å². The normalized spacial score (nSPS) is 12.2. The van der Waals surface area contributed by atoms with Gasteiger partial charge in [-0.25, -0.2) is 13.4 Å². The smallest absolute Gasteiger partial charge is 0.277 e.